The number of nitro benzene ring substituents is 1. The van der Waals surface area contributed by atoms with E-state index in [2.05, 4.69) is 4.90 Å². The second-order valence-electron chi connectivity index (χ2n) is 5.17. The van der Waals surface area contributed by atoms with Gasteiger partial charge in [-0.15, -0.1) is 0 Å². The Hall–Kier alpha value is -2.05. The van der Waals surface area contributed by atoms with Gasteiger partial charge in [-0.2, -0.15) is 0 Å². The summed E-state index contributed by atoms with van der Waals surface area (Å²) in [6.45, 7) is 3.51. The maximum atomic E-state index is 11.0. The van der Waals surface area contributed by atoms with Gasteiger partial charge in [-0.3, -0.25) is 10.1 Å². The molecule has 2 heterocycles. The van der Waals surface area contributed by atoms with Crippen LogP contribution in [0, 0.1) is 17.0 Å². The molecule has 0 N–H and O–H groups in total. The zero-order valence-electron chi connectivity index (χ0n) is 12.0. The normalized spacial score (nSPS) is 18.5. The number of benzene rings is 1. The van der Waals surface area contributed by atoms with Crippen molar-refractivity contribution in [3.05, 3.63) is 57.0 Å². The maximum absolute atomic E-state index is 11.0. The van der Waals surface area contributed by atoms with E-state index in [1.54, 1.807) is 19.3 Å². The van der Waals surface area contributed by atoms with Crippen LogP contribution in [0.2, 0.25) is 5.02 Å². The van der Waals surface area contributed by atoms with Crippen molar-refractivity contribution in [2.24, 2.45) is 0 Å². The number of nitrogens with zero attached hydrogens (tertiary/aromatic N) is 2. The average Bonchev–Trinajstić information content (AvgIpc) is 3.03. The third-order valence-electron chi connectivity index (χ3n) is 3.73. The van der Waals surface area contributed by atoms with Crippen molar-refractivity contribution < 1.29 is 14.1 Å². The number of hydrogen-bond acceptors (Lipinski definition) is 5. The van der Waals surface area contributed by atoms with Gasteiger partial charge in [0.25, 0.3) is 5.69 Å². The lowest BCUT2D eigenvalue weighted by atomic mass is 10.1. The molecule has 1 atom stereocenters. The largest absolute Gasteiger partial charge is 0.467 e. The van der Waals surface area contributed by atoms with Crippen LogP contribution in [0.4, 0.5) is 11.4 Å². The van der Waals surface area contributed by atoms with Crippen molar-refractivity contribution in [2.75, 3.05) is 24.6 Å². The van der Waals surface area contributed by atoms with Crippen LogP contribution in [0.15, 0.2) is 34.9 Å². The maximum Gasteiger partial charge on any atom is 0.273 e. The predicted octanol–water partition coefficient (Wildman–Crippen LogP) is 3.73. The summed E-state index contributed by atoms with van der Waals surface area (Å²) in [5.41, 5.74) is 1.40. The third kappa shape index (κ3) is 2.80. The number of furan rings is 1. The van der Waals surface area contributed by atoms with E-state index < -0.39 is 4.92 Å². The smallest absolute Gasteiger partial charge is 0.273 e. The number of nitro groups is 1. The minimum Gasteiger partial charge on any atom is -0.467 e. The van der Waals surface area contributed by atoms with E-state index >= 15 is 0 Å². The molecule has 0 bridgehead atoms. The fourth-order valence-electron chi connectivity index (χ4n) is 2.61. The molecule has 1 aromatic carbocycles. The molecule has 6 nitrogen and oxygen atoms in total. The predicted molar refractivity (Wildman–Crippen MR) is 82.5 cm³/mol. The van der Waals surface area contributed by atoms with E-state index in [0.29, 0.717) is 30.3 Å². The molecule has 0 amide bonds. The number of rotatable bonds is 3. The summed E-state index contributed by atoms with van der Waals surface area (Å²) in [5, 5.41) is 11.3. The van der Waals surface area contributed by atoms with Gasteiger partial charge in [0.1, 0.15) is 11.9 Å². The molecule has 2 aromatic rings. The van der Waals surface area contributed by atoms with E-state index in [9.17, 15) is 10.1 Å². The lowest BCUT2D eigenvalue weighted by molar-refractivity contribution is -0.385. The molecule has 0 radical (unpaired) electrons. The van der Waals surface area contributed by atoms with Crippen molar-refractivity contribution in [1.29, 1.82) is 0 Å². The van der Waals surface area contributed by atoms with E-state index in [1.165, 1.54) is 6.07 Å². The van der Waals surface area contributed by atoms with Crippen molar-refractivity contribution in [3.8, 4) is 0 Å². The summed E-state index contributed by atoms with van der Waals surface area (Å²) >= 11 is 6.24. The number of hydrogen-bond donors (Lipinski definition) is 0. The molecule has 1 unspecified atom stereocenters. The zero-order chi connectivity index (χ0) is 15.7. The fourth-order valence-corrected chi connectivity index (χ4v) is 2.89. The van der Waals surface area contributed by atoms with Gasteiger partial charge in [-0.25, -0.2) is 0 Å². The fraction of sp³-hybridized carbons (Fsp3) is 0.333. The molecular formula is C15H15ClN2O4. The zero-order valence-corrected chi connectivity index (χ0v) is 12.7. The van der Waals surface area contributed by atoms with Gasteiger partial charge in [0.2, 0.25) is 0 Å². The van der Waals surface area contributed by atoms with Gasteiger partial charge in [0, 0.05) is 18.2 Å². The second-order valence-corrected chi connectivity index (χ2v) is 5.58. The quantitative estimate of drug-likeness (QED) is 0.636. The molecule has 1 saturated heterocycles. The number of anilines is 1. The molecule has 116 valence electrons. The molecule has 1 aliphatic rings. The Balaban J connectivity index is 1.87. The lowest BCUT2D eigenvalue weighted by Gasteiger charge is -2.34. The van der Waals surface area contributed by atoms with E-state index in [1.807, 2.05) is 12.1 Å². The SMILES string of the molecule is Cc1cc(N2CCOC(c3ccco3)C2)c(Cl)cc1[N+](=O)[O-]. The second kappa shape index (κ2) is 5.98. The highest BCUT2D eigenvalue weighted by Crippen LogP contribution is 2.35. The number of morpholine rings is 1. The molecule has 1 fully saturated rings. The van der Waals surface area contributed by atoms with Crippen LogP contribution >= 0.6 is 11.6 Å². The summed E-state index contributed by atoms with van der Waals surface area (Å²) in [7, 11) is 0. The van der Waals surface area contributed by atoms with Crippen molar-refractivity contribution in [3.63, 3.8) is 0 Å². The first-order valence-electron chi connectivity index (χ1n) is 6.90. The number of halogens is 1. The summed E-state index contributed by atoms with van der Waals surface area (Å²) < 4.78 is 11.1. The first-order chi connectivity index (χ1) is 10.6. The van der Waals surface area contributed by atoms with Crippen LogP contribution in [-0.4, -0.2) is 24.6 Å². The average molecular weight is 323 g/mol. The lowest BCUT2D eigenvalue weighted by Crippen LogP contribution is -2.38. The van der Waals surface area contributed by atoms with Gasteiger partial charge >= 0.3 is 0 Å². The van der Waals surface area contributed by atoms with Crippen molar-refractivity contribution in [1.82, 2.24) is 0 Å². The van der Waals surface area contributed by atoms with E-state index in [0.717, 1.165) is 11.4 Å². The molecule has 1 aromatic heterocycles. The van der Waals surface area contributed by atoms with Crippen LogP contribution in [0.25, 0.3) is 0 Å². The van der Waals surface area contributed by atoms with Crippen molar-refractivity contribution in [2.45, 2.75) is 13.0 Å². The minimum atomic E-state index is -0.421. The first kappa shape index (κ1) is 14.9. The van der Waals surface area contributed by atoms with Gasteiger partial charge in [0.15, 0.2) is 0 Å². The summed E-state index contributed by atoms with van der Waals surface area (Å²) in [6.07, 6.45) is 1.44. The molecule has 1 aliphatic heterocycles. The Morgan fingerprint density at radius 2 is 2.27 bits per heavy atom. The van der Waals surface area contributed by atoms with Gasteiger partial charge < -0.3 is 14.1 Å². The topological polar surface area (TPSA) is 68.8 Å². The highest BCUT2D eigenvalue weighted by atomic mass is 35.5. The Morgan fingerprint density at radius 1 is 1.45 bits per heavy atom. The van der Waals surface area contributed by atoms with Crippen LogP contribution in [0.5, 0.6) is 0 Å². The third-order valence-corrected chi connectivity index (χ3v) is 4.03. The summed E-state index contributed by atoms with van der Waals surface area (Å²) in [5.74, 6) is 0.763. The first-order valence-corrected chi connectivity index (χ1v) is 7.28. The highest BCUT2D eigenvalue weighted by Gasteiger charge is 2.26. The molecule has 3 rings (SSSR count). The Kier molecular flexibility index (Phi) is 4.04. The summed E-state index contributed by atoms with van der Waals surface area (Å²) in [4.78, 5) is 12.6. The van der Waals surface area contributed by atoms with Gasteiger partial charge in [-0.1, -0.05) is 11.6 Å². The monoisotopic (exact) mass is 322 g/mol. The van der Waals surface area contributed by atoms with Crippen LogP contribution in [-0.2, 0) is 4.74 Å². The molecule has 7 heteroatoms. The van der Waals surface area contributed by atoms with Gasteiger partial charge in [0.05, 0.1) is 35.0 Å². The summed E-state index contributed by atoms with van der Waals surface area (Å²) in [6, 6.07) is 6.85. The number of ether oxygens (including phenoxy) is 1. The Morgan fingerprint density at radius 3 is 2.95 bits per heavy atom. The molecular weight excluding hydrogens is 308 g/mol. The Bertz CT molecular complexity index is 687. The van der Waals surface area contributed by atoms with Crippen LogP contribution < -0.4 is 4.90 Å². The number of aryl methyl sites for hydroxylation is 1. The minimum absolute atomic E-state index is 0.0320. The van der Waals surface area contributed by atoms with E-state index in [-0.39, 0.29) is 11.8 Å². The van der Waals surface area contributed by atoms with Gasteiger partial charge in [-0.05, 0) is 25.1 Å². The van der Waals surface area contributed by atoms with E-state index in [4.69, 9.17) is 20.8 Å². The standard InChI is InChI=1S/C15H15ClN2O4/c1-10-7-13(11(16)8-12(10)18(19)20)17-4-6-22-15(9-17)14-3-2-5-21-14/h2-3,5,7-8,15H,4,6,9H2,1H3. The molecule has 0 aliphatic carbocycles. The Labute approximate surface area is 132 Å². The van der Waals surface area contributed by atoms with Crippen LogP contribution in [0.3, 0.4) is 0 Å². The molecule has 22 heavy (non-hydrogen) atoms. The highest BCUT2D eigenvalue weighted by molar-refractivity contribution is 6.33. The van der Waals surface area contributed by atoms with Crippen LogP contribution in [0.1, 0.15) is 17.4 Å². The molecule has 0 spiro atoms. The molecule has 0 saturated carbocycles. The van der Waals surface area contributed by atoms with Crippen molar-refractivity contribution >= 4 is 23.0 Å².